The average molecular weight is 359 g/mol. The van der Waals surface area contributed by atoms with Crippen LogP contribution in [0.2, 0.25) is 0 Å². The van der Waals surface area contributed by atoms with Gasteiger partial charge in [-0.1, -0.05) is 6.07 Å². The lowest BCUT2D eigenvalue weighted by molar-refractivity contribution is 0.0658. The van der Waals surface area contributed by atoms with Crippen LogP contribution in [0.25, 0.3) is 0 Å². The van der Waals surface area contributed by atoms with Gasteiger partial charge >= 0.3 is 0 Å². The average Bonchev–Trinajstić information content (AvgIpc) is 3.06. The summed E-state index contributed by atoms with van der Waals surface area (Å²) < 4.78 is 5.95. The van der Waals surface area contributed by atoms with Crippen LogP contribution in [-0.4, -0.2) is 53.9 Å². The molecule has 1 aliphatic rings. The molecule has 2 aromatic rings. The highest BCUT2D eigenvalue weighted by Crippen LogP contribution is 2.25. The molecule has 1 amide bonds. The third-order valence-corrected chi connectivity index (χ3v) is 5.50. The quantitative estimate of drug-likeness (QED) is 0.842. The molecule has 0 saturated carbocycles. The summed E-state index contributed by atoms with van der Waals surface area (Å²) in [6.45, 7) is 9.97. The SMILES string of the molecule is Cc1cc(C)c(C)c(OCc2nc(C(=O)N3CCN(C)CC3)cs2)c1. The Morgan fingerprint density at radius 2 is 1.92 bits per heavy atom. The molecule has 25 heavy (non-hydrogen) atoms. The Morgan fingerprint density at radius 1 is 1.20 bits per heavy atom. The standard InChI is InChI=1S/C19H25N3O2S/c1-13-9-14(2)15(3)17(10-13)24-11-18-20-16(12-25-18)19(23)22-7-5-21(4)6-8-22/h9-10,12H,5-8,11H2,1-4H3. The zero-order chi connectivity index (χ0) is 18.0. The monoisotopic (exact) mass is 359 g/mol. The van der Waals surface area contributed by atoms with E-state index in [1.165, 1.54) is 22.5 Å². The van der Waals surface area contributed by atoms with E-state index in [2.05, 4.69) is 43.8 Å². The van der Waals surface area contributed by atoms with E-state index in [-0.39, 0.29) is 5.91 Å². The molecule has 0 spiro atoms. The van der Waals surface area contributed by atoms with Crippen LogP contribution in [0.1, 0.15) is 32.2 Å². The summed E-state index contributed by atoms with van der Waals surface area (Å²) >= 11 is 1.48. The zero-order valence-electron chi connectivity index (χ0n) is 15.3. The smallest absolute Gasteiger partial charge is 0.273 e. The van der Waals surface area contributed by atoms with Crippen LogP contribution in [-0.2, 0) is 6.61 Å². The summed E-state index contributed by atoms with van der Waals surface area (Å²) in [5, 5.41) is 2.67. The molecule has 0 atom stereocenters. The summed E-state index contributed by atoms with van der Waals surface area (Å²) in [7, 11) is 2.08. The summed E-state index contributed by atoms with van der Waals surface area (Å²) in [5.74, 6) is 0.915. The second-order valence-corrected chi connectivity index (χ2v) is 7.66. The topological polar surface area (TPSA) is 45.7 Å². The van der Waals surface area contributed by atoms with Crippen molar-refractivity contribution in [3.8, 4) is 5.75 Å². The first-order chi connectivity index (χ1) is 11.9. The molecule has 1 aliphatic heterocycles. The molecule has 6 heteroatoms. The second kappa shape index (κ2) is 7.54. The van der Waals surface area contributed by atoms with Gasteiger partial charge in [0.25, 0.3) is 5.91 Å². The van der Waals surface area contributed by atoms with Crippen molar-refractivity contribution in [1.82, 2.24) is 14.8 Å². The van der Waals surface area contributed by atoms with Gasteiger partial charge in [-0.2, -0.15) is 0 Å². The molecule has 1 aromatic heterocycles. The fourth-order valence-corrected chi connectivity index (χ4v) is 3.62. The first-order valence-electron chi connectivity index (χ1n) is 8.57. The maximum absolute atomic E-state index is 12.5. The van der Waals surface area contributed by atoms with Crippen molar-refractivity contribution in [2.45, 2.75) is 27.4 Å². The molecule has 0 radical (unpaired) electrons. The van der Waals surface area contributed by atoms with Crippen LogP contribution in [0.15, 0.2) is 17.5 Å². The number of aryl methyl sites for hydroxylation is 2. The van der Waals surface area contributed by atoms with E-state index in [0.717, 1.165) is 42.5 Å². The maximum atomic E-state index is 12.5. The van der Waals surface area contributed by atoms with E-state index < -0.39 is 0 Å². The Morgan fingerprint density at radius 3 is 2.64 bits per heavy atom. The highest BCUT2D eigenvalue weighted by Gasteiger charge is 2.22. The Kier molecular flexibility index (Phi) is 5.39. The number of amides is 1. The van der Waals surface area contributed by atoms with E-state index in [9.17, 15) is 4.79 Å². The number of ether oxygens (including phenoxy) is 1. The van der Waals surface area contributed by atoms with Gasteiger partial charge in [0, 0.05) is 31.6 Å². The van der Waals surface area contributed by atoms with Crippen molar-refractivity contribution < 1.29 is 9.53 Å². The van der Waals surface area contributed by atoms with Gasteiger partial charge in [0.05, 0.1) is 0 Å². The van der Waals surface area contributed by atoms with Crippen LogP contribution >= 0.6 is 11.3 Å². The number of hydrogen-bond acceptors (Lipinski definition) is 5. The lowest BCUT2D eigenvalue weighted by Crippen LogP contribution is -2.47. The molecule has 1 aromatic carbocycles. The van der Waals surface area contributed by atoms with Gasteiger partial charge < -0.3 is 14.5 Å². The van der Waals surface area contributed by atoms with Crippen molar-refractivity contribution in [2.24, 2.45) is 0 Å². The minimum Gasteiger partial charge on any atom is -0.486 e. The van der Waals surface area contributed by atoms with Gasteiger partial charge in [0.2, 0.25) is 0 Å². The van der Waals surface area contributed by atoms with E-state index in [1.54, 1.807) is 0 Å². The molecular weight excluding hydrogens is 334 g/mol. The summed E-state index contributed by atoms with van der Waals surface area (Å²) in [6.07, 6.45) is 0. The van der Waals surface area contributed by atoms with Crippen molar-refractivity contribution in [1.29, 1.82) is 0 Å². The second-order valence-electron chi connectivity index (χ2n) is 6.72. The summed E-state index contributed by atoms with van der Waals surface area (Å²) in [6, 6.07) is 4.20. The van der Waals surface area contributed by atoms with Gasteiger partial charge in [-0.25, -0.2) is 4.98 Å². The van der Waals surface area contributed by atoms with Gasteiger partial charge in [-0.3, -0.25) is 4.79 Å². The minimum atomic E-state index is 0.0261. The van der Waals surface area contributed by atoms with E-state index in [4.69, 9.17) is 4.74 Å². The Balaban J connectivity index is 1.63. The van der Waals surface area contributed by atoms with Crippen molar-refractivity contribution in [2.75, 3.05) is 33.2 Å². The number of nitrogens with zero attached hydrogens (tertiary/aromatic N) is 3. The van der Waals surface area contributed by atoms with E-state index in [0.29, 0.717) is 12.3 Å². The van der Waals surface area contributed by atoms with Crippen molar-refractivity contribution in [3.05, 3.63) is 44.9 Å². The normalized spacial score (nSPS) is 15.4. The number of carbonyl (C=O) groups is 1. The van der Waals surface area contributed by atoms with Gasteiger partial charge in [0.1, 0.15) is 23.1 Å². The molecular formula is C19H25N3O2S. The number of hydrogen-bond donors (Lipinski definition) is 0. The third-order valence-electron chi connectivity index (χ3n) is 4.68. The summed E-state index contributed by atoms with van der Waals surface area (Å²) in [5.41, 5.74) is 4.09. The molecule has 2 heterocycles. The molecule has 1 saturated heterocycles. The predicted octanol–water partition coefficient (Wildman–Crippen LogP) is 3.03. The number of benzene rings is 1. The number of piperazine rings is 1. The highest BCUT2D eigenvalue weighted by atomic mass is 32.1. The van der Waals surface area contributed by atoms with Crippen LogP contribution < -0.4 is 4.74 Å². The molecule has 1 fully saturated rings. The molecule has 0 unspecified atom stereocenters. The zero-order valence-corrected chi connectivity index (χ0v) is 16.2. The number of aromatic nitrogens is 1. The Bertz CT molecular complexity index is 764. The fraction of sp³-hybridized carbons (Fsp3) is 0.474. The first-order valence-corrected chi connectivity index (χ1v) is 9.45. The molecule has 3 rings (SSSR count). The van der Waals surface area contributed by atoms with Gasteiger partial charge in [-0.05, 0) is 50.6 Å². The third kappa shape index (κ3) is 4.19. The minimum absolute atomic E-state index is 0.0261. The number of likely N-dealkylation sites (N-methyl/N-ethyl adjacent to an activating group) is 1. The summed E-state index contributed by atoms with van der Waals surface area (Å²) in [4.78, 5) is 21.1. The van der Waals surface area contributed by atoms with Crippen molar-refractivity contribution >= 4 is 17.2 Å². The van der Waals surface area contributed by atoms with E-state index in [1.807, 2.05) is 16.3 Å². The number of thiazole rings is 1. The Labute approximate surface area is 153 Å². The van der Waals surface area contributed by atoms with Crippen LogP contribution in [0.4, 0.5) is 0 Å². The molecule has 0 bridgehead atoms. The largest absolute Gasteiger partial charge is 0.486 e. The highest BCUT2D eigenvalue weighted by molar-refractivity contribution is 7.09. The van der Waals surface area contributed by atoms with Crippen LogP contribution in [0.5, 0.6) is 5.75 Å². The maximum Gasteiger partial charge on any atom is 0.273 e. The van der Waals surface area contributed by atoms with Crippen LogP contribution in [0.3, 0.4) is 0 Å². The van der Waals surface area contributed by atoms with E-state index >= 15 is 0 Å². The first kappa shape index (κ1) is 17.9. The molecule has 5 nitrogen and oxygen atoms in total. The van der Waals surface area contributed by atoms with Gasteiger partial charge in [-0.15, -0.1) is 11.3 Å². The Hall–Kier alpha value is -1.92. The fourth-order valence-electron chi connectivity index (χ4n) is 2.94. The van der Waals surface area contributed by atoms with Crippen molar-refractivity contribution in [3.63, 3.8) is 0 Å². The number of rotatable bonds is 4. The lowest BCUT2D eigenvalue weighted by Gasteiger charge is -2.31. The van der Waals surface area contributed by atoms with Crippen LogP contribution in [0, 0.1) is 20.8 Å². The number of carbonyl (C=O) groups excluding carboxylic acids is 1. The lowest BCUT2D eigenvalue weighted by atomic mass is 10.1. The van der Waals surface area contributed by atoms with Gasteiger partial charge in [0.15, 0.2) is 0 Å². The predicted molar refractivity (Wildman–Crippen MR) is 100 cm³/mol. The molecule has 134 valence electrons. The molecule has 0 aliphatic carbocycles. The molecule has 0 N–H and O–H groups in total.